The summed E-state index contributed by atoms with van der Waals surface area (Å²) in [7, 11) is 1.65. The van der Waals surface area contributed by atoms with Crippen LogP contribution in [0.25, 0.3) is 0 Å². The van der Waals surface area contributed by atoms with Gasteiger partial charge in [0.25, 0.3) is 0 Å². The van der Waals surface area contributed by atoms with Crippen LogP contribution < -0.4 is 4.74 Å². The fourth-order valence-corrected chi connectivity index (χ4v) is 2.90. The Labute approximate surface area is 145 Å². The molecular weight excluding hydrogens is 320 g/mol. The molecule has 0 amide bonds. The maximum absolute atomic E-state index is 5.21. The molecule has 1 aromatic heterocycles. The van der Waals surface area contributed by atoms with Crippen LogP contribution in [0.5, 0.6) is 5.75 Å². The summed E-state index contributed by atoms with van der Waals surface area (Å²) in [5, 5.41) is 13.3. The molecule has 24 heavy (non-hydrogen) atoms. The normalized spacial score (nSPS) is 11.1. The molecule has 3 rings (SSSR count). The van der Waals surface area contributed by atoms with Crippen LogP contribution >= 0.6 is 11.8 Å². The van der Waals surface area contributed by atoms with Crippen molar-refractivity contribution in [2.75, 3.05) is 7.11 Å². The van der Waals surface area contributed by atoms with Gasteiger partial charge in [0.15, 0.2) is 0 Å². The van der Waals surface area contributed by atoms with Crippen molar-refractivity contribution >= 4 is 18.0 Å². The van der Waals surface area contributed by atoms with Crippen molar-refractivity contribution in [3.8, 4) is 5.75 Å². The maximum Gasteiger partial charge on any atom is 0.212 e. The van der Waals surface area contributed by atoms with Crippen LogP contribution in [0.15, 0.2) is 65.1 Å². The number of hydrogen-bond acceptors (Lipinski definition) is 5. The summed E-state index contributed by atoms with van der Waals surface area (Å²) >= 11 is 1.61. The van der Waals surface area contributed by atoms with Gasteiger partial charge < -0.3 is 4.74 Å². The molecule has 0 aliphatic heterocycles. The molecule has 2 aromatic carbocycles. The number of hydrogen-bond donors (Lipinski definition) is 0. The number of methoxy groups -OCH3 is 1. The first kappa shape index (κ1) is 16.3. The number of ether oxygens (including phenoxy) is 1. The minimum Gasteiger partial charge on any atom is -0.497 e. The van der Waals surface area contributed by atoms with Gasteiger partial charge in [-0.3, -0.25) is 0 Å². The fourth-order valence-electron chi connectivity index (χ4n) is 2.08. The van der Waals surface area contributed by atoms with Crippen molar-refractivity contribution in [3.63, 3.8) is 0 Å². The Morgan fingerprint density at radius 2 is 2.04 bits per heavy atom. The van der Waals surface area contributed by atoms with Gasteiger partial charge in [0.05, 0.1) is 13.3 Å². The van der Waals surface area contributed by atoms with Gasteiger partial charge in [-0.25, -0.2) is 0 Å². The van der Waals surface area contributed by atoms with Crippen LogP contribution in [-0.4, -0.2) is 28.2 Å². The summed E-state index contributed by atoms with van der Waals surface area (Å²) in [6.07, 6.45) is 3.37. The molecule has 6 heteroatoms. The van der Waals surface area contributed by atoms with E-state index >= 15 is 0 Å². The van der Waals surface area contributed by atoms with Crippen molar-refractivity contribution in [3.05, 3.63) is 71.5 Å². The zero-order valence-corrected chi connectivity index (χ0v) is 14.4. The summed E-state index contributed by atoms with van der Waals surface area (Å²) in [4.78, 5) is 0. The lowest BCUT2D eigenvalue weighted by Crippen LogP contribution is -1.93. The lowest BCUT2D eigenvalue weighted by Gasteiger charge is -2.02. The topological polar surface area (TPSA) is 52.3 Å². The van der Waals surface area contributed by atoms with E-state index < -0.39 is 0 Å². The molecule has 0 spiro atoms. The smallest absolute Gasteiger partial charge is 0.212 e. The average molecular weight is 338 g/mol. The van der Waals surface area contributed by atoms with Crippen molar-refractivity contribution in [1.29, 1.82) is 0 Å². The summed E-state index contributed by atoms with van der Waals surface area (Å²) in [6, 6.07) is 16.2. The highest BCUT2D eigenvalue weighted by Gasteiger charge is 2.04. The van der Waals surface area contributed by atoms with Crippen LogP contribution in [0.3, 0.4) is 0 Å². The van der Waals surface area contributed by atoms with Gasteiger partial charge in [-0.2, -0.15) is 9.78 Å². The molecule has 0 aliphatic carbocycles. The monoisotopic (exact) mass is 338 g/mol. The zero-order valence-electron chi connectivity index (χ0n) is 13.6. The molecule has 0 atom stereocenters. The quantitative estimate of drug-likeness (QED) is 0.507. The van der Waals surface area contributed by atoms with Crippen molar-refractivity contribution in [2.24, 2.45) is 5.10 Å². The van der Waals surface area contributed by atoms with Crippen LogP contribution in [0.1, 0.15) is 16.7 Å². The fraction of sp³-hybridized carbons (Fsp3) is 0.167. The SMILES string of the molecule is COc1cccc(/C=N\n2cnnc2SCc2ccc(C)cc2)c1. The molecule has 0 aliphatic rings. The highest BCUT2D eigenvalue weighted by molar-refractivity contribution is 7.98. The van der Waals surface area contributed by atoms with E-state index in [1.54, 1.807) is 36.1 Å². The third-order valence-electron chi connectivity index (χ3n) is 3.41. The molecule has 3 aromatic rings. The summed E-state index contributed by atoms with van der Waals surface area (Å²) in [6.45, 7) is 2.08. The Kier molecular flexibility index (Phi) is 5.28. The van der Waals surface area contributed by atoms with Crippen LogP contribution in [0, 0.1) is 6.92 Å². The zero-order chi connectivity index (χ0) is 16.8. The molecule has 0 unspecified atom stereocenters. The molecular formula is C18H18N4OS. The second kappa shape index (κ2) is 7.79. The van der Waals surface area contributed by atoms with Gasteiger partial charge in [0, 0.05) is 5.75 Å². The largest absolute Gasteiger partial charge is 0.497 e. The lowest BCUT2D eigenvalue weighted by atomic mass is 10.2. The molecule has 0 saturated heterocycles. The molecule has 1 heterocycles. The van der Waals surface area contributed by atoms with Crippen molar-refractivity contribution < 1.29 is 4.74 Å². The van der Waals surface area contributed by atoms with Gasteiger partial charge in [0.2, 0.25) is 5.16 Å². The van der Waals surface area contributed by atoms with E-state index in [2.05, 4.69) is 46.5 Å². The minimum atomic E-state index is 0.759. The highest BCUT2D eigenvalue weighted by atomic mass is 32.2. The van der Waals surface area contributed by atoms with E-state index in [1.165, 1.54) is 11.1 Å². The van der Waals surface area contributed by atoms with Gasteiger partial charge >= 0.3 is 0 Å². The van der Waals surface area contributed by atoms with Gasteiger partial charge in [-0.1, -0.05) is 53.7 Å². The first-order valence-electron chi connectivity index (χ1n) is 7.51. The van der Waals surface area contributed by atoms with Crippen LogP contribution in [-0.2, 0) is 5.75 Å². The predicted octanol–water partition coefficient (Wildman–Crippen LogP) is 3.77. The Balaban J connectivity index is 1.68. The third kappa shape index (κ3) is 4.23. The lowest BCUT2D eigenvalue weighted by molar-refractivity contribution is 0.414. The Morgan fingerprint density at radius 3 is 2.83 bits per heavy atom. The Bertz CT molecular complexity index is 827. The molecule has 5 nitrogen and oxygen atoms in total. The Hall–Kier alpha value is -2.60. The summed E-state index contributed by atoms with van der Waals surface area (Å²) in [5.74, 6) is 1.63. The molecule has 0 fully saturated rings. The maximum atomic E-state index is 5.21. The number of nitrogens with zero attached hydrogens (tertiary/aromatic N) is 4. The highest BCUT2D eigenvalue weighted by Crippen LogP contribution is 2.20. The molecule has 122 valence electrons. The number of benzene rings is 2. The van der Waals surface area contributed by atoms with Gasteiger partial charge in [-0.05, 0) is 30.2 Å². The molecule has 0 N–H and O–H groups in total. The van der Waals surface area contributed by atoms with Crippen molar-refractivity contribution in [2.45, 2.75) is 17.8 Å². The second-order valence-electron chi connectivity index (χ2n) is 5.25. The predicted molar refractivity (Wildman–Crippen MR) is 96.7 cm³/mol. The van der Waals surface area contributed by atoms with E-state index in [9.17, 15) is 0 Å². The second-order valence-corrected chi connectivity index (χ2v) is 6.20. The van der Waals surface area contributed by atoms with Crippen LogP contribution in [0.2, 0.25) is 0 Å². The summed E-state index contributed by atoms with van der Waals surface area (Å²) in [5.41, 5.74) is 3.46. The standard InChI is InChI=1S/C18H18N4OS/c1-14-6-8-15(9-7-14)12-24-18-21-19-13-22(18)20-11-16-4-3-5-17(10-16)23-2/h3-11,13H,12H2,1-2H3/b20-11-. The number of aryl methyl sites for hydroxylation is 1. The van der Waals surface area contributed by atoms with E-state index in [4.69, 9.17) is 4.74 Å². The van der Waals surface area contributed by atoms with Gasteiger partial charge in [-0.15, -0.1) is 10.2 Å². The Morgan fingerprint density at radius 1 is 1.21 bits per heavy atom. The molecule has 0 saturated carbocycles. The molecule has 0 bridgehead atoms. The van der Waals surface area contributed by atoms with E-state index in [0.717, 1.165) is 22.2 Å². The van der Waals surface area contributed by atoms with E-state index in [1.807, 2.05) is 24.3 Å². The number of thioether (sulfide) groups is 1. The third-order valence-corrected chi connectivity index (χ3v) is 4.42. The minimum absolute atomic E-state index is 0.759. The first-order valence-corrected chi connectivity index (χ1v) is 8.50. The van der Waals surface area contributed by atoms with Crippen LogP contribution in [0.4, 0.5) is 0 Å². The van der Waals surface area contributed by atoms with E-state index in [-0.39, 0.29) is 0 Å². The van der Waals surface area contributed by atoms with E-state index in [0.29, 0.717) is 0 Å². The average Bonchev–Trinajstić information content (AvgIpc) is 3.07. The van der Waals surface area contributed by atoms with Crippen molar-refractivity contribution in [1.82, 2.24) is 14.9 Å². The number of aromatic nitrogens is 3. The number of rotatable bonds is 6. The first-order chi connectivity index (χ1) is 11.7. The summed E-state index contributed by atoms with van der Waals surface area (Å²) < 4.78 is 6.89. The molecule has 0 radical (unpaired) electrons. The van der Waals surface area contributed by atoms with Gasteiger partial charge in [0.1, 0.15) is 12.1 Å².